The molecule has 4 nitrogen and oxygen atoms in total. The van der Waals surface area contributed by atoms with E-state index in [1.807, 2.05) is 0 Å². The Morgan fingerprint density at radius 3 is 2.81 bits per heavy atom. The lowest BCUT2D eigenvalue weighted by molar-refractivity contribution is -0.125. The molecule has 114 valence electrons. The number of carboxylic acids is 1. The summed E-state index contributed by atoms with van der Waals surface area (Å²) in [5, 5.41) is 9.27. The van der Waals surface area contributed by atoms with Crippen molar-refractivity contribution in [1.82, 2.24) is 0 Å². The molecule has 1 aliphatic carbocycles. The second kappa shape index (κ2) is 5.82. The predicted molar refractivity (Wildman–Crippen MR) is 83.1 cm³/mol. The summed E-state index contributed by atoms with van der Waals surface area (Å²) in [6.07, 6.45) is 4.72. The molecule has 1 N–H and O–H groups in total. The van der Waals surface area contributed by atoms with Crippen LogP contribution in [0.3, 0.4) is 0 Å². The van der Waals surface area contributed by atoms with Gasteiger partial charge in [0.05, 0.1) is 26.9 Å². The van der Waals surface area contributed by atoms with Gasteiger partial charge < -0.3 is 9.84 Å². The maximum absolute atomic E-state index is 12.9. The van der Waals surface area contributed by atoms with Gasteiger partial charge in [-0.2, -0.15) is 0 Å². The summed E-state index contributed by atoms with van der Waals surface area (Å²) < 4.78 is 19.5. The highest BCUT2D eigenvalue weighted by Crippen LogP contribution is 2.44. The van der Waals surface area contributed by atoms with E-state index < -0.39 is 16.8 Å². The van der Waals surface area contributed by atoms with E-state index in [2.05, 4.69) is 15.9 Å². The minimum Gasteiger partial charge on any atom is -0.478 e. The molecule has 6 heteroatoms. The molecule has 1 heterocycles. The van der Waals surface area contributed by atoms with Crippen molar-refractivity contribution in [3.63, 3.8) is 0 Å². The average Bonchev–Trinajstić information content (AvgIpc) is 2.44. The molecule has 2 unspecified atom stereocenters. The Labute approximate surface area is 134 Å². The first-order valence-electron chi connectivity index (χ1n) is 7.08. The van der Waals surface area contributed by atoms with Crippen molar-refractivity contribution >= 4 is 32.7 Å². The zero-order chi connectivity index (χ0) is 15.0. The summed E-state index contributed by atoms with van der Waals surface area (Å²) in [5.41, 5.74) is 0.0410. The van der Waals surface area contributed by atoms with Gasteiger partial charge in [0, 0.05) is 16.3 Å². The number of carbonyl (C=O) groups is 1. The average molecular weight is 373 g/mol. The fourth-order valence-corrected chi connectivity index (χ4v) is 5.36. The number of hydrogen-bond acceptors (Lipinski definition) is 3. The van der Waals surface area contributed by atoms with Crippen molar-refractivity contribution < 1.29 is 18.8 Å². The van der Waals surface area contributed by atoms with E-state index >= 15 is 0 Å². The van der Waals surface area contributed by atoms with E-state index in [4.69, 9.17) is 4.74 Å². The van der Waals surface area contributed by atoms with E-state index in [0.29, 0.717) is 11.5 Å². The number of rotatable bonds is 3. The first-order chi connectivity index (χ1) is 10.0. The quantitative estimate of drug-likeness (QED) is 0.883. The van der Waals surface area contributed by atoms with Crippen LogP contribution in [0.5, 0.6) is 0 Å². The maximum Gasteiger partial charge on any atom is 0.336 e. The molecule has 2 atom stereocenters. The smallest absolute Gasteiger partial charge is 0.336 e. The molecule has 1 aliphatic heterocycles. The Hall–Kier alpha value is -0.720. The van der Waals surface area contributed by atoms with Gasteiger partial charge in [0.2, 0.25) is 0 Å². The van der Waals surface area contributed by atoms with Gasteiger partial charge in [-0.05, 0) is 50.3 Å². The lowest BCUT2D eigenvalue weighted by Gasteiger charge is -2.46. The third-order valence-corrected chi connectivity index (χ3v) is 6.68. The number of hydrogen-bond donors (Lipinski definition) is 1. The summed E-state index contributed by atoms with van der Waals surface area (Å²) in [5.74, 6) is -1.03. The second-order valence-electron chi connectivity index (χ2n) is 5.74. The normalized spacial score (nSPS) is 25.3. The summed E-state index contributed by atoms with van der Waals surface area (Å²) in [6.45, 7) is 0.618. The van der Waals surface area contributed by atoms with Crippen molar-refractivity contribution in [2.24, 2.45) is 0 Å². The molecule has 1 aromatic rings. The highest BCUT2D eigenvalue weighted by molar-refractivity contribution is 9.10. The fraction of sp³-hybridized carbons (Fsp3) is 0.533. The molecule has 0 aromatic heterocycles. The number of halogens is 1. The zero-order valence-corrected chi connectivity index (χ0v) is 13.9. The van der Waals surface area contributed by atoms with Gasteiger partial charge in [-0.3, -0.25) is 4.21 Å². The Balaban J connectivity index is 1.87. The van der Waals surface area contributed by atoms with E-state index in [0.717, 1.165) is 36.6 Å². The molecular weight excluding hydrogens is 356 g/mol. The van der Waals surface area contributed by atoms with Gasteiger partial charge >= 0.3 is 5.97 Å². The van der Waals surface area contributed by atoms with Crippen LogP contribution in [0, 0.1) is 0 Å². The van der Waals surface area contributed by atoms with Crippen LogP contribution < -0.4 is 0 Å². The SMILES string of the molecule is O=C(O)c1ccc(Br)cc1S(=O)C1CCOC2(CCC2)C1. The van der Waals surface area contributed by atoms with Crippen molar-refractivity contribution in [3.05, 3.63) is 28.2 Å². The van der Waals surface area contributed by atoms with Gasteiger partial charge in [0.15, 0.2) is 0 Å². The first kappa shape index (κ1) is 15.2. The minimum absolute atomic E-state index is 0.0218. The molecule has 1 saturated carbocycles. The Bertz CT molecular complexity index is 597. The van der Waals surface area contributed by atoms with Crippen LogP contribution >= 0.6 is 15.9 Å². The maximum atomic E-state index is 12.9. The van der Waals surface area contributed by atoms with E-state index in [1.165, 1.54) is 6.07 Å². The molecule has 2 fully saturated rings. The third-order valence-electron chi connectivity index (χ3n) is 4.41. The van der Waals surface area contributed by atoms with Crippen LogP contribution in [-0.4, -0.2) is 32.7 Å². The summed E-state index contributed by atoms with van der Waals surface area (Å²) in [6, 6.07) is 4.85. The van der Waals surface area contributed by atoms with Crippen molar-refractivity contribution in [2.75, 3.05) is 6.61 Å². The van der Waals surface area contributed by atoms with Gasteiger partial charge in [0.25, 0.3) is 0 Å². The van der Waals surface area contributed by atoms with Gasteiger partial charge in [0.1, 0.15) is 0 Å². The number of aromatic carboxylic acids is 1. The second-order valence-corrected chi connectivity index (χ2v) is 8.36. The Morgan fingerprint density at radius 1 is 1.43 bits per heavy atom. The lowest BCUT2D eigenvalue weighted by atomic mass is 9.75. The largest absolute Gasteiger partial charge is 0.478 e. The molecule has 1 saturated heterocycles. The summed E-state index contributed by atoms with van der Waals surface area (Å²) >= 11 is 3.33. The molecule has 1 spiro atoms. The van der Waals surface area contributed by atoms with Crippen molar-refractivity contribution in [2.45, 2.75) is 47.9 Å². The topological polar surface area (TPSA) is 63.6 Å². The standard InChI is InChI=1S/C15H17BrO4S/c16-10-2-3-12(14(17)18)13(8-10)21(19)11-4-7-20-15(9-11)5-1-6-15/h2-3,8,11H,1,4-7,9H2,(H,17,18). The van der Waals surface area contributed by atoms with Crippen molar-refractivity contribution in [3.8, 4) is 0 Å². The molecule has 21 heavy (non-hydrogen) atoms. The molecule has 1 aromatic carbocycles. The van der Waals surface area contributed by atoms with Crippen molar-refractivity contribution in [1.29, 1.82) is 0 Å². The van der Waals surface area contributed by atoms with Gasteiger partial charge in [-0.1, -0.05) is 15.9 Å². The number of ether oxygens (including phenoxy) is 1. The first-order valence-corrected chi connectivity index (χ1v) is 9.09. The minimum atomic E-state index is -1.32. The van der Waals surface area contributed by atoms with Crippen LogP contribution in [0.15, 0.2) is 27.6 Å². The monoisotopic (exact) mass is 372 g/mol. The van der Waals surface area contributed by atoms with E-state index in [9.17, 15) is 14.1 Å². The number of carboxylic acid groups (broad SMARTS) is 1. The van der Waals surface area contributed by atoms with Crippen LogP contribution in [0.1, 0.15) is 42.5 Å². The van der Waals surface area contributed by atoms with Gasteiger partial charge in [-0.15, -0.1) is 0 Å². The lowest BCUT2D eigenvalue weighted by Crippen LogP contribution is -2.48. The highest BCUT2D eigenvalue weighted by atomic mass is 79.9. The predicted octanol–water partition coefficient (Wildman–Crippen LogP) is 3.36. The summed E-state index contributed by atoms with van der Waals surface area (Å²) in [4.78, 5) is 11.8. The Morgan fingerprint density at radius 2 is 2.19 bits per heavy atom. The van der Waals surface area contributed by atoms with Gasteiger partial charge in [-0.25, -0.2) is 4.79 Å². The molecule has 3 rings (SSSR count). The number of benzene rings is 1. The molecule has 0 amide bonds. The van der Waals surface area contributed by atoms with Crippen LogP contribution in [0.4, 0.5) is 0 Å². The Kier molecular flexibility index (Phi) is 4.21. The van der Waals surface area contributed by atoms with Crippen LogP contribution in [-0.2, 0) is 15.5 Å². The van der Waals surface area contributed by atoms with E-state index in [-0.39, 0.29) is 16.4 Å². The fourth-order valence-electron chi connectivity index (χ4n) is 3.10. The molecule has 0 radical (unpaired) electrons. The van der Waals surface area contributed by atoms with Crippen LogP contribution in [0.25, 0.3) is 0 Å². The van der Waals surface area contributed by atoms with E-state index in [1.54, 1.807) is 12.1 Å². The summed E-state index contributed by atoms with van der Waals surface area (Å²) in [7, 11) is -1.32. The highest BCUT2D eigenvalue weighted by Gasteiger charge is 2.44. The molecule has 0 bridgehead atoms. The molecular formula is C15H17BrO4S. The third kappa shape index (κ3) is 2.94. The molecule has 2 aliphatic rings. The van der Waals surface area contributed by atoms with Crippen LogP contribution in [0.2, 0.25) is 0 Å². The zero-order valence-electron chi connectivity index (χ0n) is 11.5.